The number of aryl methyl sites for hydroxylation is 1. The quantitative estimate of drug-likeness (QED) is 0.782. The second-order valence-electron chi connectivity index (χ2n) is 6.98. The van der Waals surface area contributed by atoms with Gasteiger partial charge < -0.3 is 5.32 Å². The third kappa shape index (κ3) is 3.36. The summed E-state index contributed by atoms with van der Waals surface area (Å²) < 4.78 is 0. The Hall–Kier alpha value is -3.26. The molecule has 1 fully saturated rings. The van der Waals surface area contributed by atoms with E-state index in [-0.39, 0.29) is 12.5 Å². The van der Waals surface area contributed by atoms with Gasteiger partial charge in [-0.15, -0.1) is 0 Å². The van der Waals surface area contributed by atoms with Gasteiger partial charge in [0, 0.05) is 10.7 Å². The van der Waals surface area contributed by atoms with E-state index in [1.165, 1.54) is 11.1 Å². The van der Waals surface area contributed by atoms with E-state index in [1.807, 2.05) is 26.0 Å². The van der Waals surface area contributed by atoms with E-state index in [0.29, 0.717) is 16.4 Å². The number of carbonyl (C=O) groups is 3. The maximum absolute atomic E-state index is 12.9. The monoisotopic (exact) mass is 411 g/mol. The van der Waals surface area contributed by atoms with E-state index in [4.69, 9.17) is 11.6 Å². The van der Waals surface area contributed by atoms with Gasteiger partial charge in [0.25, 0.3) is 11.8 Å². The SMILES string of the molecule is Cc1cccc(NC(=O)CN2N=N[C@H]3C(=O)N(c4cccc(Cl)c4)C(=O)[C@@H]32)c1C. The lowest BCUT2D eigenvalue weighted by molar-refractivity contribution is -0.123. The number of carbonyl (C=O) groups excluding carboxylic acids is 3. The molecule has 9 heteroatoms. The summed E-state index contributed by atoms with van der Waals surface area (Å²) in [7, 11) is 0. The van der Waals surface area contributed by atoms with Crippen molar-refractivity contribution in [3.8, 4) is 0 Å². The fraction of sp³-hybridized carbons (Fsp3) is 0.250. The van der Waals surface area contributed by atoms with Crippen LogP contribution in [0.2, 0.25) is 5.02 Å². The molecule has 4 rings (SSSR count). The highest BCUT2D eigenvalue weighted by Gasteiger charge is 2.55. The first-order chi connectivity index (χ1) is 13.9. The van der Waals surface area contributed by atoms with Crippen LogP contribution >= 0.6 is 11.6 Å². The standard InChI is InChI=1S/C20H18ClN5O3/c1-11-5-3-8-15(12(11)2)22-16(27)10-25-18-17(23-24-25)19(28)26(20(18)29)14-7-4-6-13(21)9-14/h3-9,17-18H,10H2,1-2H3,(H,22,27)/t17-,18-/m1/s1. The number of halogens is 1. The summed E-state index contributed by atoms with van der Waals surface area (Å²) in [5, 5.41) is 12.3. The molecule has 29 heavy (non-hydrogen) atoms. The normalized spacial score (nSPS) is 20.4. The molecule has 2 aromatic carbocycles. The molecule has 3 amide bonds. The number of amides is 3. The van der Waals surface area contributed by atoms with Crippen molar-refractivity contribution in [2.24, 2.45) is 10.3 Å². The van der Waals surface area contributed by atoms with Crippen molar-refractivity contribution in [3.05, 3.63) is 58.6 Å². The lowest BCUT2D eigenvalue weighted by Crippen LogP contribution is -2.43. The Balaban J connectivity index is 1.50. The van der Waals surface area contributed by atoms with Gasteiger partial charge in [-0.2, -0.15) is 5.11 Å². The molecule has 2 aliphatic rings. The van der Waals surface area contributed by atoms with Gasteiger partial charge in [0.05, 0.1) is 5.69 Å². The largest absolute Gasteiger partial charge is 0.324 e. The minimum Gasteiger partial charge on any atom is -0.324 e. The van der Waals surface area contributed by atoms with Crippen LogP contribution in [0.15, 0.2) is 52.8 Å². The summed E-state index contributed by atoms with van der Waals surface area (Å²) >= 11 is 5.98. The molecule has 2 heterocycles. The number of rotatable bonds is 4. The minimum absolute atomic E-state index is 0.194. The molecule has 8 nitrogen and oxygen atoms in total. The van der Waals surface area contributed by atoms with Crippen LogP contribution in [-0.2, 0) is 14.4 Å². The Kier molecular flexibility index (Phi) is 4.79. The van der Waals surface area contributed by atoms with E-state index < -0.39 is 23.9 Å². The van der Waals surface area contributed by atoms with E-state index >= 15 is 0 Å². The van der Waals surface area contributed by atoms with E-state index in [0.717, 1.165) is 16.0 Å². The van der Waals surface area contributed by atoms with Gasteiger partial charge >= 0.3 is 0 Å². The van der Waals surface area contributed by atoms with Crippen molar-refractivity contribution in [2.75, 3.05) is 16.8 Å². The Morgan fingerprint density at radius 3 is 2.66 bits per heavy atom. The van der Waals surface area contributed by atoms with Crippen LogP contribution in [0.25, 0.3) is 0 Å². The van der Waals surface area contributed by atoms with Crippen LogP contribution < -0.4 is 10.2 Å². The van der Waals surface area contributed by atoms with Crippen molar-refractivity contribution in [3.63, 3.8) is 0 Å². The second-order valence-corrected chi connectivity index (χ2v) is 7.42. The van der Waals surface area contributed by atoms with Crippen molar-refractivity contribution < 1.29 is 14.4 Å². The van der Waals surface area contributed by atoms with E-state index in [9.17, 15) is 14.4 Å². The number of anilines is 2. The molecule has 148 valence electrons. The predicted molar refractivity (Wildman–Crippen MR) is 108 cm³/mol. The first-order valence-electron chi connectivity index (χ1n) is 9.03. The molecule has 0 radical (unpaired) electrons. The lowest BCUT2D eigenvalue weighted by atomic mass is 10.1. The zero-order valence-corrected chi connectivity index (χ0v) is 16.6. The molecule has 1 N–H and O–H groups in total. The fourth-order valence-corrected chi connectivity index (χ4v) is 3.63. The zero-order chi connectivity index (χ0) is 20.7. The highest BCUT2D eigenvalue weighted by atomic mass is 35.5. The Morgan fingerprint density at radius 2 is 1.90 bits per heavy atom. The van der Waals surface area contributed by atoms with Gasteiger partial charge in [0.1, 0.15) is 6.54 Å². The van der Waals surface area contributed by atoms with Crippen LogP contribution in [0.5, 0.6) is 0 Å². The van der Waals surface area contributed by atoms with Gasteiger partial charge in [-0.3, -0.25) is 19.4 Å². The summed E-state index contributed by atoms with van der Waals surface area (Å²) in [6, 6.07) is 10.2. The average Bonchev–Trinajstić information content (AvgIpc) is 3.19. The molecule has 0 aromatic heterocycles. The Bertz CT molecular complexity index is 1050. The first kappa shape index (κ1) is 19.1. The Morgan fingerprint density at radius 1 is 1.14 bits per heavy atom. The molecule has 2 aliphatic heterocycles. The number of benzene rings is 2. The fourth-order valence-electron chi connectivity index (χ4n) is 3.45. The molecule has 0 saturated carbocycles. The van der Waals surface area contributed by atoms with Gasteiger partial charge in [-0.25, -0.2) is 4.90 Å². The predicted octanol–water partition coefficient (Wildman–Crippen LogP) is 2.89. The zero-order valence-electron chi connectivity index (χ0n) is 15.8. The van der Waals surface area contributed by atoms with Crippen molar-refractivity contribution in [2.45, 2.75) is 25.9 Å². The van der Waals surface area contributed by atoms with E-state index in [2.05, 4.69) is 15.7 Å². The minimum atomic E-state index is -0.963. The van der Waals surface area contributed by atoms with Crippen LogP contribution in [0.4, 0.5) is 11.4 Å². The maximum atomic E-state index is 12.9. The Labute approximate surface area is 172 Å². The van der Waals surface area contributed by atoms with Crippen LogP contribution in [0.1, 0.15) is 11.1 Å². The highest BCUT2D eigenvalue weighted by Crippen LogP contribution is 2.32. The number of nitrogens with zero attached hydrogens (tertiary/aromatic N) is 4. The third-order valence-electron chi connectivity index (χ3n) is 5.11. The van der Waals surface area contributed by atoms with Crippen molar-refractivity contribution in [1.29, 1.82) is 0 Å². The molecule has 0 bridgehead atoms. The van der Waals surface area contributed by atoms with Crippen LogP contribution in [0, 0.1) is 13.8 Å². The maximum Gasteiger partial charge on any atom is 0.263 e. The molecule has 0 aliphatic carbocycles. The van der Waals surface area contributed by atoms with Gasteiger partial charge in [0.2, 0.25) is 5.91 Å². The van der Waals surface area contributed by atoms with Gasteiger partial charge in [0.15, 0.2) is 12.1 Å². The summed E-state index contributed by atoms with van der Waals surface area (Å²) in [5.74, 6) is -1.31. The number of hydrogen-bond donors (Lipinski definition) is 1. The molecule has 2 aromatic rings. The summed E-state index contributed by atoms with van der Waals surface area (Å²) in [6.07, 6.45) is 0. The molecule has 0 spiro atoms. The second kappa shape index (κ2) is 7.29. The number of fused-ring (bicyclic) bond motifs is 1. The molecule has 1 saturated heterocycles. The average molecular weight is 412 g/mol. The summed E-state index contributed by atoms with van der Waals surface area (Å²) in [5.41, 5.74) is 3.08. The lowest BCUT2D eigenvalue weighted by Gasteiger charge is -2.20. The number of hydrogen-bond acceptors (Lipinski definition) is 6. The van der Waals surface area contributed by atoms with E-state index in [1.54, 1.807) is 24.3 Å². The van der Waals surface area contributed by atoms with Gasteiger partial charge in [-0.05, 0) is 49.2 Å². The summed E-state index contributed by atoms with van der Waals surface area (Å²) in [4.78, 5) is 39.2. The molecule has 0 unspecified atom stereocenters. The van der Waals surface area contributed by atoms with Crippen molar-refractivity contribution in [1.82, 2.24) is 5.01 Å². The molecule has 2 atom stereocenters. The van der Waals surface area contributed by atoms with Gasteiger partial charge in [-0.1, -0.05) is 35.0 Å². The summed E-state index contributed by atoms with van der Waals surface area (Å²) in [6.45, 7) is 3.68. The number of nitrogens with one attached hydrogen (secondary N) is 1. The third-order valence-corrected chi connectivity index (χ3v) is 5.34. The van der Waals surface area contributed by atoms with Crippen LogP contribution in [0.3, 0.4) is 0 Å². The first-order valence-corrected chi connectivity index (χ1v) is 9.41. The number of imide groups is 1. The topological polar surface area (TPSA) is 94.4 Å². The molecular weight excluding hydrogens is 394 g/mol. The molecular formula is C20H18ClN5O3. The van der Waals surface area contributed by atoms with Crippen LogP contribution in [-0.4, -0.2) is 41.4 Å². The highest BCUT2D eigenvalue weighted by molar-refractivity contribution is 6.31. The van der Waals surface area contributed by atoms with Crippen molar-refractivity contribution >= 4 is 40.7 Å². The smallest absolute Gasteiger partial charge is 0.263 e.